The molecule has 2 heterocycles. The van der Waals surface area contributed by atoms with Crippen LogP contribution in [0.2, 0.25) is 0 Å². The summed E-state index contributed by atoms with van der Waals surface area (Å²) < 4.78 is 5.64. The molecule has 108 valence electrons. The lowest BCUT2D eigenvalue weighted by Gasteiger charge is -2.28. The van der Waals surface area contributed by atoms with Gasteiger partial charge in [0.2, 0.25) is 5.91 Å². The SMILES string of the molecule is CC(NC(=O)C1NCCc2ccccc21)C1CCCO1. The Balaban J connectivity index is 1.68. The number of rotatable bonds is 3. The molecule has 4 heteroatoms. The van der Waals surface area contributed by atoms with Crippen LogP contribution in [0.3, 0.4) is 0 Å². The molecule has 4 nitrogen and oxygen atoms in total. The predicted octanol–water partition coefficient (Wildman–Crippen LogP) is 1.56. The quantitative estimate of drug-likeness (QED) is 0.879. The van der Waals surface area contributed by atoms with Gasteiger partial charge in [-0.2, -0.15) is 0 Å². The summed E-state index contributed by atoms with van der Waals surface area (Å²) in [7, 11) is 0. The minimum absolute atomic E-state index is 0.0557. The molecule has 3 unspecified atom stereocenters. The standard InChI is InChI=1S/C16H22N2O2/c1-11(14-7-4-10-20-14)18-16(19)15-13-6-3-2-5-12(13)8-9-17-15/h2-3,5-6,11,14-15,17H,4,7-10H2,1H3,(H,18,19). The van der Waals surface area contributed by atoms with Crippen LogP contribution in [0.5, 0.6) is 0 Å². The molecule has 1 amide bonds. The Hall–Kier alpha value is -1.39. The van der Waals surface area contributed by atoms with Gasteiger partial charge in [0, 0.05) is 13.2 Å². The van der Waals surface area contributed by atoms with Crippen LogP contribution in [0.4, 0.5) is 0 Å². The smallest absolute Gasteiger partial charge is 0.242 e. The zero-order valence-electron chi connectivity index (χ0n) is 11.9. The molecule has 0 saturated carbocycles. The average Bonchev–Trinajstić information content (AvgIpc) is 3.01. The van der Waals surface area contributed by atoms with Crippen molar-refractivity contribution in [3.63, 3.8) is 0 Å². The highest BCUT2D eigenvalue weighted by molar-refractivity contribution is 5.84. The molecule has 0 spiro atoms. The van der Waals surface area contributed by atoms with E-state index in [4.69, 9.17) is 4.74 Å². The molecule has 0 aliphatic carbocycles. The van der Waals surface area contributed by atoms with Gasteiger partial charge in [0.25, 0.3) is 0 Å². The number of hydrogen-bond acceptors (Lipinski definition) is 3. The molecule has 3 atom stereocenters. The van der Waals surface area contributed by atoms with Gasteiger partial charge >= 0.3 is 0 Å². The maximum absolute atomic E-state index is 12.5. The first kappa shape index (κ1) is 13.6. The Labute approximate surface area is 119 Å². The number of carbonyl (C=O) groups is 1. The number of fused-ring (bicyclic) bond motifs is 1. The molecule has 1 aromatic rings. The number of carbonyl (C=O) groups excluding carboxylic acids is 1. The molecule has 0 bridgehead atoms. The Morgan fingerprint density at radius 3 is 3.10 bits per heavy atom. The van der Waals surface area contributed by atoms with Crippen LogP contribution in [0.15, 0.2) is 24.3 Å². The van der Waals surface area contributed by atoms with Gasteiger partial charge in [-0.1, -0.05) is 24.3 Å². The van der Waals surface area contributed by atoms with Gasteiger partial charge in [-0.25, -0.2) is 0 Å². The van der Waals surface area contributed by atoms with Crippen molar-refractivity contribution in [3.8, 4) is 0 Å². The third kappa shape index (κ3) is 2.72. The first-order chi connectivity index (χ1) is 9.75. The van der Waals surface area contributed by atoms with Crippen molar-refractivity contribution in [3.05, 3.63) is 35.4 Å². The van der Waals surface area contributed by atoms with Crippen molar-refractivity contribution < 1.29 is 9.53 Å². The van der Waals surface area contributed by atoms with Crippen LogP contribution < -0.4 is 10.6 Å². The molecule has 1 fully saturated rings. The summed E-state index contributed by atoms with van der Waals surface area (Å²) in [6.07, 6.45) is 3.28. The van der Waals surface area contributed by atoms with E-state index in [0.717, 1.165) is 38.0 Å². The monoisotopic (exact) mass is 274 g/mol. The van der Waals surface area contributed by atoms with Gasteiger partial charge in [-0.05, 0) is 37.3 Å². The molecule has 2 aliphatic rings. The third-order valence-electron chi connectivity index (χ3n) is 4.26. The largest absolute Gasteiger partial charge is 0.376 e. The normalized spacial score (nSPS) is 26.9. The summed E-state index contributed by atoms with van der Waals surface area (Å²) >= 11 is 0. The topological polar surface area (TPSA) is 50.4 Å². The fourth-order valence-electron chi connectivity index (χ4n) is 3.14. The Bertz CT molecular complexity index is 483. The average molecular weight is 274 g/mol. The Morgan fingerprint density at radius 1 is 1.45 bits per heavy atom. The van der Waals surface area contributed by atoms with Crippen LogP contribution >= 0.6 is 0 Å². The molecular formula is C16H22N2O2. The third-order valence-corrected chi connectivity index (χ3v) is 4.26. The summed E-state index contributed by atoms with van der Waals surface area (Å²) in [5.74, 6) is 0.0557. The van der Waals surface area contributed by atoms with Crippen molar-refractivity contribution in [2.45, 2.75) is 44.4 Å². The first-order valence-corrected chi connectivity index (χ1v) is 7.49. The van der Waals surface area contributed by atoms with E-state index in [1.165, 1.54) is 5.56 Å². The lowest BCUT2D eigenvalue weighted by molar-refractivity contribution is -0.125. The van der Waals surface area contributed by atoms with Crippen molar-refractivity contribution in [2.75, 3.05) is 13.2 Å². The van der Waals surface area contributed by atoms with Crippen LogP contribution in [0.1, 0.15) is 36.9 Å². The van der Waals surface area contributed by atoms with E-state index in [1.807, 2.05) is 25.1 Å². The number of ether oxygens (including phenoxy) is 1. The summed E-state index contributed by atoms with van der Waals surface area (Å²) in [5.41, 5.74) is 2.38. The van der Waals surface area contributed by atoms with Crippen molar-refractivity contribution >= 4 is 5.91 Å². The number of hydrogen-bond donors (Lipinski definition) is 2. The van der Waals surface area contributed by atoms with Crippen LogP contribution in [0.25, 0.3) is 0 Å². The highest BCUT2D eigenvalue weighted by Gasteiger charge is 2.29. The molecule has 2 N–H and O–H groups in total. The van der Waals surface area contributed by atoms with E-state index in [1.54, 1.807) is 0 Å². The lowest BCUT2D eigenvalue weighted by atomic mass is 9.93. The number of benzene rings is 1. The van der Waals surface area contributed by atoms with E-state index < -0.39 is 0 Å². The van der Waals surface area contributed by atoms with E-state index in [9.17, 15) is 4.79 Å². The van der Waals surface area contributed by atoms with Gasteiger partial charge in [0.1, 0.15) is 6.04 Å². The fraction of sp³-hybridized carbons (Fsp3) is 0.562. The molecule has 1 aromatic carbocycles. The molecule has 0 aromatic heterocycles. The first-order valence-electron chi connectivity index (χ1n) is 7.49. The zero-order valence-corrected chi connectivity index (χ0v) is 11.9. The number of amides is 1. The minimum atomic E-state index is -0.233. The second kappa shape index (κ2) is 5.94. The molecule has 1 saturated heterocycles. The minimum Gasteiger partial charge on any atom is -0.376 e. The van der Waals surface area contributed by atoms with E-state index in [-0.39, 0.29) is 24.1 Å². The van der Waals surface area contributed by atoms with Crippen LogP contribution in [0, 0.1) is 0 Å². The number of nitrogens with one attached hydrogen (secondary N) is 2. The van der Waals surface area contributed by atoms with Crippen LogP contribution in [-0.2, 0) is 16.0 Å². The molecular weight excluding hydrogens is 252 g/mol. The van der Waals surface area contributed by atoms with Crippen molar-refractivity contribution in [1.82, 2.24) is 10.6 Å². The highest BCUT2D eigenvalue weighted by atomic mass is 16.5. The lowest BCUT2D eigenvalue weighted by Crippen LogP contribution is -2.47. The van der Waals surface area contributed by atoms with Crippen molar-refractivity contribution in [1.29, 1.82) is 0 Å². The van der Waals surface area contributed by atoms with Gasteiger partial charge in [0.15, 0.2) is 0 Å². The van der Waals surface area contributed by atoms with E-state index in [0.29, 0.717) is 0 Å². The molecule has 3 rings (SSSR count). The zero-order chi connectivity index (χ0) is 13.9. The van der Waals surface area contributed by atoms with Gasteiger partial charge in [-0.15, -0.1) is 0 Å². The van der Waals surface area contributed by atoms with Gasteiger partial charge < -0.3 is 15.4 Å². The molecule has 2 aliphatic heterocycles. The van der Waals surface area contributed by atoms with Gasteiger partial charge in [0.05, 0.1) is 12.1 Å². The maximum Gasteiger partial charge on any atom is 0.242 e. The molecule has 20 heavy (non-hydrogen) atoms. The van der Waals surface area contributed by atoms with Crippen molar-refractivity contribution in [2.24, 2.45) is 0 Å². The summed E-state index contributed by atoms with van der Waals surface area (Å²) in [5, 5.41) is 6.42. The fourth-order valence-corrected chi connectivity index (χ4v) is 3.14. The summed E-state index contributed by atoms with van der Waals surface area (Å²) in [6.45, 7) is 3.70. The Kier molecular flexibility index (Phi) is 4.03. The molecule has 0 radical (unpaired) electrons. The van der Waals surface area contributed by atoms with Crippen LogP contribution in [-0.4, -0.2) is 31.2 Å². The van der Waals surface area contributed by atoms with E-state index >= 15 is 0 Å². The summed E-state index contributed by atoms with van der Waals surface area (Å²) in [6, 6.07) is 8.02. The predicted molar refractivity (Wildman–Crippen MR) is 77.5 cm³/mol. The maximum atomic E-state index is 12.5. The Morgan fingerprint density at radius 2 is 2.30 bits per heavy atom. The second-order valence-electron chi connectivity index (χ2n) is 5.68. The highest BCUT2D eigenvalue weighted by Crippen LogP contribution is 2.23. The second-order valence-corrected chi connectivity index (χ2v) is 5.68. The van der Waals surface area contributed by atoms with E-state index in [2.05, 4.69) is 16.7 Å². The summed E-state index contributed by atoms with van der Waals surface area (Å²) in [4.78, 5) is 12.5. The van der Waals surface area contributed by atoms with Gasteiger partial charge in [-0.3, -0.25) is 4.79 Å².